The van der Waals surface area contributed by atoms with Crippen molar-refractivity contribution < 1.29 is 41.5 Å². The van der Waals surface area contributed by atoms with Gasteiger partial charge in [-0.05, 0) is 25.1 Å². The molecule has 1 aliphatic heterocycles. The predicted octanol–water partition coefficient (Wildman–Crippen LogP) is 2.02. The Labute approximate surface area is 163 Å². The molecule has 1 aliphatic rings. The number of nitrogens with one attached hydrogen (secondary N) is 1. The zero-order valence-corrected chi connectivity index (χ0v) is 15.3. The molecule has 2 aromatic heterocycles. The van der Waals surface area contributed by atoms with E-state index >= 15 is 0 Å². The van der Waals surface area contributed by atoms with Crippen LogP contribution in [0.2, 0.25) is 0 Å². The standard InChI is InChI=1S/C15H19N3O4.C2HF3O2/c19-15(16-4-2-5-18-6-9-20-10-7-18)12-11-14(22-17-12)13-3-1-8-21-13;3-2(4,5)1(6)7/h1,3,8,11H,2,4-7,9-10H2,(H,16,19);(H,6,7). The monoisotopic (exact) mass is 419 g/mol. The van der Waals surface area contributed by atoms with E-state index in [0.717, 1.165) is 39.3 Å². The number of alkyl halides is 3. The van der Waals surface area contributed by atoms with Gasteiger partial charge in [0.2, 0.25) is 5.76 Å². The first-order valence-electron chi connectivity index (χ1n) is 8.66. The van der Waals surface area contributed by atoms with E-state index in [4.69, 9.17) is 23.6 Å². The van der Waals surface area contributed by atoms with Crippen molar-refractivity contribution in [3.8, 4) is 11.5 Å². The lowest BCUT2D eigenvalue weighted by atomic mass is 10.3. The van der Waals surface area contributed by atoms with Crippen LogP contribution in [0.25, 0.3) is 11.5 Å². The summed E-state index contributed by atoms with van der Waals surface area (Å²) in [6.07, 6.45) is -2.64. The van der Waals surface area contributed by atoms with Crippen molar-refractivity contribution in [1.82, 2.24) is 15.4 Å². The fraction of sp³-hybridized carbons (Fsp3) is 0.471. The summed E-state index contributed by atoms with van der Waals surface area (Å²) in [5.41, 5.74) is 0.262. The van der Waals surface area contributed by atoms with Crippen molar-refractivity contribution in [2.45, 2.75) is 12.6 Å². The first-order chi connectivity index (χ1) is 13.8. The van der Waals surface area contributed by atoms with Crippen LogP contribution in [0.3, 0.4) is 0 Å². The Hall–Kier alpha value is -2.86. The number of nitrogens with zero attached hydrogens (tertiary/aromatic N) is 2. The maximum atomic E-state index is 12.0. The molecular formula is C17H20F3N3O6. The van der Waals surface area contributed by atoms with Crippen molar-refractivity contribution in [3.63, 3.8) is 0 Å². The Kier molecular flexibility index (Phi) is 8.21. The molecule has 9 nitrogen and oxygen atoms in total. The molecule has 3 rings (SSSR count). The molecule has 160 valence electrons. The second kappa shape index (κ2) is 10.6. The molecule has 1 fully saturated rings. The minimum atomic E-state index is -5.08. The molecule has 1 amide bonds. The van der Waals surface area contributed by atoms with Gasteiger partial charge in [0.25, 0.3) is 5.91 Å². The molecule has 0 aliphatic carbocycles. The fourth-order valence-corrected chi connectivity index (χ4v) is 2.34. The number of aromatic nitrogens is 1. The Bertz CT molecular complexity index is 770. The SMILES string of the molecule is O=C(NCCCN1CCOCC1)c1cc(-c2ccco2)on1.O=C(O)C(F)(F)F. The maximum absolute atomic E-state index is 12.0. The number of hydrogen-bond acceptors (Lipinski definition) is 7. The summed E-state index contributed by atoms with van der Waals surface area (Å²) < 4.78 is 47.3. The zero-order chi connectivity index (χ0) is 21.3. The van der Waals surface area contributed by atoms with Gasteiger partial charge in [0.15, 0.2) is 11.5 Å². The van der Waals surface area contributed by atoms with Gasteiger partial charge in [0.1, 0.15) is 0 Å². The first kappa shape index (κ1) is 22.4. The van der Waals surface area contributed by atoms with Gasteiger partial charge in [-0.1, -0.05) is 5.16 Å². The average molecular weight is 419 g/mol. The second-order valence-corrected chi connectivity index (χ2v) is 5.92. The van der Waals surface area contributed by atoms with Gasteiger partial charge in [-0.15, -0.1) is 0 Å². The number of aliphatic carboxylic acids is 1. The summed E-state index contributed by atoms with van der Waals surface area (Å²) in [4.78, 5) is 23.2. The summed E-state index contributed by atoms with van der Waals surface area (Å²) in [7, 11) is 0. The highest BCUT2D eigenvalue weighted by atomic mass is 19.4. The van der Waals surface area contributed by atoms with E-state index < -0.39 is 12.1 Å². The van der Waals surface area contributed by atoms with E-state index in [2.05, 4.69) is 15.4 Å². The third kappa shape index (κ3) is 7.58. The quantitative estimate of drug-likeness (QED) is 0.683. The van der Waals surface area contributed by atoms with Crippen LogP contribution in [-0.2, 0) is 9.53 Å². The molecule has 0 aromatic carbocycles. The summed E-state index contributed by atoms with van der Waals surface area (Å²) in [6, 6.07) is 5.09. The number of carboxylic acids is 1. The van der Waals surface area contributed by atoms with Crippen molar-refractivity contribution >= 4 is 11.9 Å². The number of ether oxygens (including phenoxy) is 1. The Morgan fingerprint density at radius 2 is 1.93 bits per heavy atom. The number of rotatable bonds is 6. The van der Waals surface area contributed by atoms with E-state index in [1.165, 1.54) is 0 Å². The lowest BCUT2D eigenvalue weighted by Crippen LogP contribution is -2.38. The smallest absolute Gasteiger partial charge is 0.475 e. The number of hydrogen-bond donors (Lipinski definition) is 2. The van der Waals surface area contributed by atoms with E-state index in [-0.39, 0.29) is 11.6 Å². The van der Waals surface area contributed by atoms with Crippen LogP contribution in [0, 0.1) is 0 Å². The van der Waals surface area contributed by atoms with Crippen molar-refractivity contribution in [3.05, 3.63) is 30.2 Å². The summed E-state index contributed by atoms with van der Waals surface area (Å²) in [5.74, 6) is -1.99. The molecule has 0 bridgehead atoms. The van der Waals surface area contributed by atoms with Crippen LogP contribution < -0.4 is 5.32 Å². The number of carbonyl (C=O) groups excluding carboxylic acids is 1. The third-order valence-electron chi connectivity index (χ3n) is 3.79. The first-order valence-corrected chi connectivity index (χ1v) is 8.66. The number of carbonyl (C=O) groups is 2. The molecular weight excluding hydrogens is 399 g/mol. The van der Waals surface area contributed by atoms with Crippen LogP contribution in [0.5, 0.6) is 0 Å². The topological polar surface area (TPSA) is 118 Å². The highest BCUT2D eigenvalue weighted by Gasteiger charge is 2.38. The number of carboxylic acid groups (broad SMARTS) is 1. The van der Waals surface area contributed by atoms with E-state index in [9.17, 15) is 18.0 Å². The molecule has 0 unspecified atom stereocenters. The molecule has 0 spiro atoms. The van der Waals surface area contributed by atoms with Crippen molar-refractivity contribution in [1.29, 1.82) is 0 Å². The highest BCUT2D eigenvalue weighted by Crippen LogP contribution is 2.20. The van der Waals surface area contributed by atoms with Gasteiger partial charge in [0.05, 0.1) is 19.5 Å². The lowest BCUT2D eigenvalue weighted by Gasteiger charge is -2.26. The Morgan fingerprint density at radius 3 is 2.52 bits per heavy atom. The second-order valence-electron chi connectivity index (χ2n) is 5.92. The molecule has 12 heteroatoms. The molecule has 2 aromatic rings. The number of amides is 1. The van der Waals surface area contributed by atoms with Gasteiger partial charge in [0, 0.05) is 25.7 Å². The highest BCUT2D eigenvalue weighted by molar-refractivity contribution is 5.92. The van der Waals surface area contributed by atoms with Crippen LogP contribution in [0.15, 0.2) is 33.4 Å². The minimum Gasteiger partial charge on any atom is -0.475 e. The molecule has 2 N–H and O–H groups in total. The molecule has 0 saturated carbocycles. The molecule has 0 atom stereocenters. The molecule has 3 heterocycles. The minimum absolute atomic E-state index is 0.233. The average Bonchev–Trinajstić information content (AvgIpc) is 3.37. The molecule has 29 heavy (non-hydrogen) atoms. The van der Waals surface area contributed by atoms with E-state index in [1.54, 1.807) is 24.5 Å². The van der Waals surface area contributed by atoms with Gasteiger partial charge >= 0.3 is 12.1 Å². The number of halogens is 3. The summed E-state index contributed by atoms with van der Waals surface area (Å²) in [5, 5.41) is 13.7. The van der Waals surface area contributed by atoms with Gasteiger partial charge in [-0.3, -0.25) is 9.69 Å². The van der Waals surface area contributed by atoms with E-state index in [1.807, 2.05) is 0 Å². The predicted molar refractivity (Wildman–Crippen MR) is 92.1 cm³/mol. The molecule has 0 radical (unpaired) electrons. The van der Waals surface area contributed by atoms with Crippen LogP contribution in [0.4, 0.5) is 13.2 Å². The number of furan rings is 1. The Morgan fingerprint density at radius 1 is 1.24 bits per heavy atom. The summed E-state index contributed by atoms with van der Waals surface area (Å²) >= 11 is 0. The molecule has 1 saturated heterocycles. The fourth-order valence-electron chi connectivity index (χ4n) is 2.34. The van der Waals surface area contributed by atoms with Gasteiger partial charge in [-0.25, -0.2) is 4.79 Å². The Balaban J connectivity index is 0.000000370. The lowest BCUT2D eigenvalue weighted by molar-refractivity contribution is -0.192. The van der Waals surface area contributed by atoms with Gasteiger partial charge < -0.3 is 24.1 Å². The van der Waals surface area contributed by atoms with E-state index in [0.29, 0.717) is 18.1 Å². The van der Waals surface area contributed by atoms with Gasteiger partial charge in [-0.2, -0.15) is 13.2 Å². The van der Waals surface area contributed by atoms with Crippen LogP contribution in [-0.4, -0.2) is 72.6 Å². The van der Waals surface area contributed by atoms with Crippen molar-refractivity contribution in [2.24, 2.45) is 0 Å². The van der Waals surface area contributed by atoms with Crippen LogP contribution in [0.1, 0.15) is 16.9 Å². The summed E-state index contributed by atoms with van der Waals surface area (Å²) in [6.45, 7) is 5.08. The number of morpholine rings is 1. The van der Waals surface area contributed by atoms with Crippen LogP contribution >= 0.6 is 0 Å². The largest absolute Gasteiger partial charge is 0.490 e. The zero-order valence-electron chi connectivity index (χ0n) is 15.3. The van der Waals surface area contributed by atoms with Crippen molar-refractivity contribution in [2.75, 3.05) is 39.4 Å². The maximum Gasteiger partial charge on any atom is 0.490 e. The normalized spacial score (nSPS) is 14.7. The third-order valence-corrected chi connectivity index (χ3v) is 3.79.